The third-order valence-corrected chi connectivity index (χ3v) is 3.77. The Hall–Kier alpha value is -1.60. The zero-order chi connectivity index (χ0) is 13.2. The van der Waals surface area contributed by atoms with Gasteiger partial charge in [-0.2, -0.15) is 0 Å². The fourth-order valence-electron chi connectivity index (χ4n) is 1.90. The molecule has 0 bridgehead atoms. The Labute approximate surface area is 105 Å². The molecule has 0 unspecified atom stereocenters. The van der Waals surface area contributed by atoms with Crippen LogP contribution >= 0.6 is 0 Å². The molecular formula is C11H14N2O4S. The normalized spacial score (nSPS) is 19.4. The van der Waals surface area contributed by atoms with Gasteiger partial charge in [0.15, 0.2) is 0 Å². The maximum Gasteiger partial charge on any atom is 0.407 e. The van der Waals surface area contributed by atoms with Gasteiger partial charge in [-0.25, -0.2) is 18.4 Å². The van der Waals surface area contributed by atoms with Crippen LogP contribution in [0.1, 0.15) is 12.0 Å². The molecule has 0 aromatic heterocycles. The van der Waals surface area contributed by atoms with E-state index in [0.29, 0.717) is 24.9 Å². The van der Waals surface area contributed by atoms with Crippen molar-refractivity contribution in [3.63, 3.8) is 0 Å². The molecule has 6 nitrogen and oxygen atoms in total. The van der Waals surface area contributed by atoms with Gasteiger partial charge in [0.1, 0.15) is 6.10 Å². The Kier molecular flexibility index (Phi) is 3.53. The first kappa shape index (κ1) is 12.8. The van der Waals surface area contributed by atoms with Crippen molar-refractivity contribution in [2.75, 3.05) is 6.54 Å². The zero-order valence-electron chi connectivity index (χ0n) is 9.63. The van der Waals surface area contributed by atoms with Crippen LogP contribution in [0.15, 0.2) is 29.2 Å². The largest absolute Gasteiger partial charge is 0.444 e. The molecule has 7 heteroatoms. The quantitative estimate of drug-likeness (QED) is 0.826. The van der Waals surface area contributed by atoms with Crippen LogP contribution in [0.4, 0.5) is 4.79 Å². The number of aryl methyl sites for hydroxylation is 1. The average Bonchev–Trinajstić information content (AvgIpc) is 2.72. The lowest BCUT2D eigenvalue weighted by Crippen LogP contribution is -2.17. The molecule has 1 heterocycles. The second-order valence-corrected chi connectivity index (χ2v) is 5.63. The van der Waals surface area contributed by atoms with E-state index in [4.69, 9.17) is 9.88 Å². The third-order valence-electron chi connectivity index (χ3n) is 2.76. The van der Waals surface area contributed by atoms with Crippen LogP contribution in [-0.4, -0.2) is 27.2 Å². The molecule has 0 radical (unpaired) electrons. The van der Waals surface area contributed by atoms with E-state index < -0.39 is 16.1 Å². The average molecular weight is 270 g/mol. The molecule has 1 atom stereocenters. The molecule has 1 aromatic rings. The van der Waals surface area contributed by atoms with Crippen LogP contribution < -0.4 is 10.5 Å². The number of cyclic esters (lactones) is 1. The highest BCUT2D eigenvalue weighted by Crippen LogP contribution is 2.17. The highest BCUT2D eigenvalue weighted by Gasteiger charge is 2.23. The van der Waals surface area contributed by atoms with Gasteiger partial charge < -0.3 is 10.1 Å². The van der Waals surface area contributed by atoms with E-state index in [1.165, 1.54) is 6.07 Å². The Morgan fingerprint density at radius 1 is 1.39 bits per heavy atom. The number of carbonyl (C=O) groups is 1. The van der Waals surface area contributed by atoms with Crippen LogP contribution in [0.2, 0.25) is 0 Å². The molecule has 0 aliphatic carbocycles. The molecule has 1 aromatic carbocycles. The zero-order valence-corrected chi connectivity index (χ0v) is 10.4. The van der Waals surface area contributed by atoms with E-state index in [9.17, 15) is 13.2 Å². The molecule has 0 spiro atoms. The highest BCUT2D eigenvalue weighted by atomic mass is 32.2. The van der Waals surface area contributed by atoms with Gasteiger partial charge in [0.2, 0.25) is 10.0 Å². The number of sulfonamides is 1. The number of benzene rings is 1. The number of hydrogen-bond donors (Lipinski definition) is 2. The van der Waals surface area contributed by atoms with Gasteiger partial charge in [-0.3, -0.25) is 0 Å². The van der Waals surface area contributed by atoms with Gasteiger partial charge in [0, 0.05) is 0 Å². The standard InChI is InChI=1S/C11H14N2O4S/c12-18(15,16)10-4-2-1-3-8(10)5-6-9-7-13-11(14)17-9/h1-4,9H,5-7H2,(H,13,14)(H2,12,15,16)/t9-/m1/s1. The molecule has 3 N–H and O–H groups in total. The summed E-state index contributed by atoms with van der Waals surface area (Å²) in [6.45, 7) is 0.455. The van der Waals surface area contributed by atoms with E-state index in [-0.39, 0.29) is 11.0 Å². The highest BCUT2D eigenvalue weighted by molar-refractivity contribution is 7.89. The van der Waals surface area contributed by atoms with Gasteiger partial charge in [-0.05, 0) is 24.5 Å². The summed E-state index contributed by atoms with van der Waals surface area (Å²) in [4.78, 5) is 11.0. The van der Waals surface area contributed by atoms with Crippen molar-refractivity contribution in [2.45, 2.75) is 23.8 Å². The lowest BCUT2D eigenvalue weighted by Gasteiger charge is -2.10. The maximum absolute atomic E-state index is 11.4. The summed E-state index contributed by atoms with van der Waals surface area (Å²) in [5.74, 6) is 0. The minimum absolute atomic E-state index is 0.127. The van der Waals surface area contributed by atoms with Crippen molar-refractivity contribution in [3.8, 4) is 0 Å². The molecule has 0 saturated carbocycles. The summed E-state index contributed by atoms with van der Waals surface area (Å²) in [7, 11) is -3.71. The van der Waals surface area contributed by atoms with Crippen molar-refractivity contribution in [1.82, 2.24) is 5.32 Å². The van der Waals surface area contributed by atoms with Crippen molar-refractivity contribution in [1.29, 1.82) is 0 Å². The maximum atomic E-state index is 11.4. The number of rotatable bonds is 4. The summed E-state index contributed by atoms with van der Waals surface area (Å²) in [5, 5.41) is 7.68. The number of nitrogens with two attached hydrogens (primary N) is 1. The second kappa shape index (κ2) is 4.95. The number of carbonyl (C=O) groups excluding carboxylic acids is 1. The topological polar surface area (TPSA) is 98.5 Å². The van der Waals surface area contributed by atoms with Crippen molar-refractivity contribution in [2.24, 2.45) is 5.14 Å². The summed E-state index contributed by atoms with van der Waals surface area (Å²) in [6.07, 6.45) is 0.406. The molecule has 1 aliphatic rings. The van der Waals surface area contributed by atoms with Crippen molar-refractivity contribution >= 4 is 16.1 Å². The van der Waals surface area contributed by atoms with Crippen molar-refractivity contribution < 1.29 is 17.9 Å². The van der Waals surface area contributed by atoms with Gasteiger partial charge in [-0.1, -0.05) is 18.2 Å². The minimum atomic E-state index is -3.71. The number of primary sulfonamides is 1. The van der Waals surface area contributed by atoms with Gasteiger partial charge in [0.05, 0.1) is 11.4 Å². The molecular weight excluding hydrogens is 256 g/mol. The molecule has 98 valence electrons. The molecule has 1 aliphatic heterocycles. The number of nitrogens with one attached hydrogen (secondary N) is 1. The predicted molar refractivity (Wildman–Crippen MR) is 64.4 cm³/mol. The van der Waals surface area contributed by atoms with Gasteiger partial charge in [0.25, 0.3) is 0 Å². The minimum Gasteiger partial charge on any atom is -0.444 e. The first-order chi connectivity index (χ1) is 8.47. The smallest absolute Gasteiger partial charge is 0.407 e. The van der Waals surface area contributed by atoms with Gasteiger partial charge in [-0.15, -0.1) is 0 Å². The van der Waals surface area contributed by atoms with Crippen LogP contribution in [0.3, 0.4) is 0 Å². The van der Waals surface area contributed by atoms with E-state index in [2.05, 4.69) is 5.32 Å². The van der Waals surface area contributed by atoms with Crippen molar-refractivity contribution in [3.05, 3.63) is 29.8 Å². The molecule has 1 fully saturated rings. The summed E-state index contributed by atoms with van der Waals surface area (Å²) in [5.41, 5.74) is 0.642. The molecule has 1 amide bonds. The molecule has 1 saturated heterocycles. The van der Waals surface area contributed by atoms with Gasteiger partial charge >= 0.3 is 6.09 Å². The molecule has 2 rings (SSSR count). The summed E-state index contributed by atoms with van der Waals surface area (Å²) < 4.78 is 27.7. The number of hydrogen-bond acceptors (Lipinski definition) is 4. The first-order valence-corrected chi connectivity index (χ1v) is 7.06. The SMILES string of the molecule is NS(=O)(=O)c1ccccc1CC[C@@H]1CNC(=O)O1. The number of amides is 1. The first-order valence-electron chi connectivity index (χ1n) is 5.52. The Morgan fingerprint density at radius 2 is 2.11 bits per heavy atom. The van der Waals surface area contributed by atoms with E-state index in [1.54, 1.807) is 18.2 Å². The van der Waals surface area contributed by atoms with Crippen LogP contribution in [-0.2, 0) is 21.2 Å². The Bertz CT molecular complexity index is 556. The van der Waals surface area contributed by atoms with E-state index in [1.807, 2.05) is 0 Å². The fraction of sp³-hybridized carbons (Fsp3) is 0.364. The monoisotopic (exact) mass is 270 g/mol. The number of ether oxygens (including phenoxy) is 1. The lowest BCUT2D eigenvalue weighted by atomic mass is 10.1. The van der Waals surface area contributed by atoms with Crippen LogP contribution in [0, 0.1) is 0 Å². The molecule has 18 heavy (non-hydrogen) atoms. The van der Waals surface area contributed by atoms with E-state index >= 15 is 0 Å². The predicted octanol–water partition coefficient (Wildman–Crippen LogP) is 0.375. The van der Waals surface area contributed by atoms with E-state index in [0.717, 1.165) is 0 Å². The number of alkyl carbamates (subject to hydrolysis) is 1. The summed E-state index contributed by atoms with van der Waals surface area (Å²) in [6, 6.07) is 6.57. The third kappa shape index (κ3) is 2.99. The second-order valence-electron chi connectivity index (χ2n) is 4.10. The Balaban J connectivity index is 2.08. The summed E-state index contributed by atoms with van der Waals surface area (Å²) >= 11 is 0. The Morgan fingerprint density at radius 3 is 2.72 bits per heavy atom. The lowest BCUT2D eigenvalue weighted by molar-refractivity contribution is 0.136. The fourth-order valence-corrected chi connectivity index (χ4v) is 2.70. The van der Waals surface area contributed by atoms with Crippen LogP contribution in [0.25, 0.3) is 0 Å². The van der Waals surface area contributed by atoms with Crippen LogP contribution in [0.5, 0.6) is 0 Å².